The number of carbonyl (C=O) groups excluding carboxylic acids is 2. The summed E-state index contributed by atoms with van der Waals surface area (Å²) in [5.41, 5.74) is 4.95. The van der Waals surface area contributed by atoms with Crippen LogP contribution in [0, 0.1) is 0 Å². The fourth-order valence-corrected chi connectivity index (χ4v) is 1.44. The Bertz CT molecular complexity index is 287. The van der Waals surface area contributed by atoms with Crippen LogP contribution in [0.4, 0.5) is 4.79 Å². The number of nitrogens with two attached hydrogens (primary N) is 1. The maximum atomic E-state index is 11.7. The summed E-state index contributed by atoms with van der Waals surface area (Å²) >= 11 is 0. The van der Waals surface area contributed by atoms with Crippen molar-refractivity contribution in [1.82, 2.24) is 15.5 Å². The molecule has 1 heterocycles. The van der Waals surface area contributed by atoms with E-state index in [1.165, 1.54) is 4.90 Å². The second kappa shape index (κ2) is 5.83. The lowest BCUT2D eigenvalue weighted by atomic mass is 9.99. The molecule has 1 aliphatic heterocycles. The molecule has 0 bridgehead atoms. The van der Waals surface area contributed by atoms with E-state index >= 15 is 0 Å². The molecule has 0 radical (unpaired) electrons. The summed E-state index contributed by atoms with van der Waals surface area (Å²) in [6.45, 7) is 1.50. The highest BCUT2D eigenvalue weighted by Gasteiger charge is 2.37. The van der Waals surface area contributed by atoms with E-state index in [0.717, 1.165) is 0 Å². The molecule has 3 amide bonds. The maximum Gasteiger partial charge on any atom is 0.316 e. The van der Waals surface area contributed by atoms with Crippen LogP contribution in [0.25, 0.3) is 0 Å². The average Bonchev–Trinajstić information content (AvgIpc) is 2.72. The Morgan fingerprint density at radius 3 is 2.53 bits per heavy atom. The van der Waals surface area contributed by atoms with Gasteiger partial charge in [-0.1, -0.05) is 0 Å². The molecule has 7 nitrogen and oxygen atoms in total. The zero-order valence-corrected chi connectivity index (χ0v) is 10.3. The van der Waals surface area contributed by atoms with Crippen LogP contribution < -0.4 is 16.4 Å². The number of urea groups is 1. The Labute approximate surface area is 101 Å². The van der Waals surface area contributed by atoms with E-state index in [9.17, 15) is 9.59 Å². The van der Waals surface area contributed by atoms with Crippen LogP contribution in [0.15, 0.2) is 0 Å². The van der Waals surface area contributed by atoms with Gasteiger partial charge in [0.2, 0.25) is 5.91 Å². The first-order chi connectivity index (χ1) is 7.96. The van der Waals surface area contributed by atoms with Crippen molar-refractivity contribution in [2.45, 2.75) is 12.0 Å². The van der Waals surface area contributed by atoms with E-state index in [-0.39, 0.29) is 18.5 Å². The molecule has 0 aromatic rings. The summed E-state index contributed by atoms with van der Waals surface area (Å²) in [4.78, 5) is 24.3. The third kappa shape index (κ3) is 3.86. The lowest BCUT2D eigenvalue weighted by Crippen LogP contribution is -2.55. The van der Waals surface area contributed by atoms with E-state index in [0.29, 0.717) is 26.1 Å². The monoisotopic (exact) mass is 244 g/mol. The molecule has 1 rings (SSSR count). The van der Waals surface area contributed by atoms with Gasteiger partial charge in [-0.15, -0.1) is 0 Å². The molecule has 1 aliphatic rings. The van der Waals surface area contributed by atoms with Crippen LogP contribution in [-0.2, 0) is 9.53 Å². The molecule has 1 atom stereocenters. The Morgan fingerprint density at radius 1 is 1.35 bits per heavy atom. The predicted molar refractivity (Wildman–Crippen MR) is 62.4 cm³/mol. The van der Waals surface area contributed by atoms with Crippen molar-refractivity contribution in [3.8, 4) is 0 Å². The Balaban J connectivity index is 2.18. The number of rotatable bonds is 4. The standard InChI is InChI=1S/C10H20N4O3/c1-14(2)9(16)13-5-4-12-8(15)10(11)3-6-17-7-10/h3-7,11H2,1-2H3,(H,12,15)(H,13,16). The third-order valence-corrected chi connectivity index (χ3v) is 2.60. The molecule has 1 fully saturated rings. The van der Waals surface area contributed by atoms with Gasteiger partial charge in [0.05, 0.1) is 6.61 Å². The van der Waals surface area contributed by atoms with Crippen LogP contribution in [0.3, 0.4) is 0 Å². The van der Waals surface area contributed by atoms with Gasteiger partial charge in [-0.2, -0.15) is 0 Å². The van der Waals surface area contributed by atoms with E-state index in [1.54, 1.807) is 14.1 Å². The fraction of sp³-hybridized carbons (Fsp3) is 0.800. The summed E-state index contributed by atoms with van der Waals surface area (Å²) in [5.74, 6) is -0.228. The quantitative estimate of drug-likeness (QED) is 0.524. The van der Waals surface area contributed by atoms with Crippen molar-refractivity contribution in [1.29, 1.82) is 0 Å². The normalized spacial score (nSPS) is 23.2. The van der Waals surface area contributed by atoms with Gasteiger partial charge in [0.15, 0.2) is 0 Å². The first kappa shape index (κ1) is 13.7. The zero-order chi connectivity index (χ0) is 12.9. The number of ether oxygens (including phenoxy) is 1. The van der Waals surface area contributed by atoms with E-state index in [2.05, 4.69) is 10.6 Å². The highest BCUT2D eigenvalue weighted by atomic mass is 16.5. The molecule has 17 heavy (non-hydrogen) atoms. The van der Waals surface area contributed by atoms with Crippen LogP contribution in [-0.4, -0.2) is 62.8 Å². The van der Waals surface area contributed by atoms with Crippen molar-refractivity contribution in [2.75, 3.05) is 40.4 Å². The van der Waals surface area contributed by atoms with Gasteiger partial charge in [-0.25, -0.2) is 4.79 Å². The highest BCUT2D eigenvalue weighted by Crippen LogP contribution is 2.14. The van der Waals surface area contributed by atoms with Gasteiger partial charge in [-0.3, -0.25) is 4.79 Å². The fourth-order valence-electron chi connectivity index (χ4n) is 1.44. The van der Waals surface area contributed by atoms with E-state index in [4.69, 9.17) is 10.5 Å². The Kier molecular flexibility index (Phi) is 4.71. The number of carbonyl (C=O) groups is 2. The number of nitrogens with zero attached hydrogens (tertiary/aromatic N) is 1. The number of nitrogens with one attached hydrogen (secondary N) is 2. The average molecular weight is 244 g/mol. The molecular formula is C10H20N4O3. The zero-order valence-electron chi connectivity index (χ0n) is 10.3. The molecule has 1 saturated heterocycles. The second-order valence-electron chi connectivity index (χ2n) is 4.34. The molecule has 0 aromatic heterocycles. The van der Waals surface area contributed by atoms with Crippen molar-refractivity contribution in [3.63, 3.8) is 0 Å². The third-order valence-electron chi connectivity index (χ3n) is 2.60. The van der Waals surface area contributed by atoms with E-state index in [1.807, 2.05) is 0 Å². The predicted octanol–water partition coefficient (Wildman–Crippen LogP) is -1.51. The largest absolute Gasteiger partial charge is 0.379 e. The van der Waals surface area contributed by atoms with Crippen LogP contribution in [0.2, 0.25) is 0 Å². The maximum absolute atomic E-state index is 11.7. The van der Waals surface area contributed by atoms with Crippen LogP contribution in [0.5, 0.6) is 0 Å². The molecule has 4 N–H and O–H groups in total. The van der Waals surface area contributed by atoms with Gasteiger partial charge >= 0.3 is 6.03 Å². The molecule has 7 heteroatoms. The van der Waals surface area contributed by atoms with Crippen LogP contribution in [0.1, 0.15) is 6.42 Å². The molecule has 0 spiro atoms. The first-order valence-corrected chi connectivity index (χ1v) is 5.56. The Morgan fingerprint density at radius 2 is 2.00 bits per heavy atom. The molecule has 1 unspecified atom stereocenters. The van der Waals surface area contributed by atoms with Gasteiger partial charge < -0.3 is 26.0 Å². The first-order valence-electron chi connectivity index (χ1n) is 5.56. The van der Waals surface area contributed by atoms with Gasteiger partial charge in [-0.05, 0) is 6.42 Å². The SMILES string of the molecule is CN(C)C(=O)NCCNC(=O)C1(N)CCOC1. The minimum atomic E-state index is -0.911. The lowest BCUT2D eigenvalue weighted by molar-refractivity contribution is -0.126. The van der Waals surface area contributed by atoms with Crippen molar-refractivity contribution < 1.29 is 14.3 Å². The topological polar surface area (TPSA) is 96.7 Å². The number of hydrogen-bond donors (Lipinski definition) is 3. The molecule has 0 aromatic carbocycles. The second-order valence-corrected chi connectivity index (χ2v) is 4.34. The Hall–Kier alpha value is -1.34. The minimum absolute atomic E-state index is 0.189. The van der Waals surface area contributed by atoms with Gasteiger partial charge in [0.25, 0.3) is 0 Å². The van der Waals surface area contributed by atoms with Gasteiger partial charge in [0, 0.05) is 33.8 Å². The van der Waals surface area contributed by atoms with Crippen LogP contribution >= 0.6 is 0 Å². The molecular weight excluding hydrogens is 224 g/mol. The summed E-state index contributed by atoms with van der Waals surface area (Å²) in [6.07, 6.45) is 0.531. The van der Waals surface area contributed by atoms with Crippen molar-refractivity contribution in [3.05, 3.63) is 0 Å². The van der Waals surface area contributed by atoms with Gasteiger partial charge in [0.1, 0.15) is 5.54 Å². The smallest absolute Gasteiger partial charge is 0.316 e. The van der Waals surface area contributed by atoms with E-state index < -0.39 is 5.54 Å². The summed E-state index contributed by atoms with van der Waals surface area (Å²) in [5, 5.41) is 5.32. The summed E-state index contributed by atoms with van der Waals surface area (Å²) in [6, 6.07) is -0.189. The molecule has 98 valence electrons. The molecule has 0 saturated carbocycles. The number of amides is 3. The summed E-state index contributed by atoms with van der Waals surface area (Å²) in [7, 11) is 3.30. The lowest BCUT2D eigenvalue weighted by Gasteiger charge is -2.20. The molecule has 0 aliphatic carbocycles. The highest BCUT2D eigenvalue weighted by molar-refractivity contribution is 5.86. The van der Waals surface area contributed by atoms with Crippen molar-refractivity contribution in [2.24, 2.45) is 5.73 Å². The number of hydrogen-bond acceptors (Lipinski definition) is 4. The van der Waals surface area contributed by atoms with Crippen molar-refractivity contribution >= 4 is 11.9 Å². The minimum Gasteiger partial charge on any atom is -0.379 e. The summed E-state index contributed by atoms with van der Waals surface area (Å²) < 4.78 is 5.09.